The van der Waals surface area contributed by atoms with Crippen LogP contribution < -0.4 is 9.80 Å². The standard InChI is InChI=1S/C21H21F3N4O2/c22-16-6-5-15(13-18(16)24)28-12-11-27(21(28)30)14-20(29)26-9-7-25(8-10-26)19-4-2-1-3-17(19)23/h1-6,13H,7-12,14H2. The molecule has 9 heteroatoms. The van der Waals surface area contributed by atoms with Gasteiger partial charge in [-0.1, -0.05) is 12.1 Å². The predicted octanol–water partition coefficient (Wildman–Crippen LogP) is 2.69. The minimum Gasteiger partial charge on any atom is -0.366 e. The Balaban J connectivity index is 1.33. The van der Waals surface area contributed by atoms with Crippen LogP contribution in [0.5, 0.6) is 0 Å². The molecule has 0 radical (unpaired) electrons. The van der Waals surface area contributed by atoms with Crippen LogP contribution in [0.4, 0.5) is 29.3 Å². The van der Waals surface area contributed by atoms with Gasteiger partial charge >= 0.3 is 6.03 Å². The number of piperazine rings is 1. The van der Waals surface area contributed by atoms with Crippen LogP contribution in [0.3, 0.4) is 0 Å². The van der Waals surface area contributed by atoms with E-state index in [2.05, 4.69) is 0 Å². The number of carbonyl (C=O) groups is 2. The monoisotopic (exact) mass is 418 g/mol. The Morgan fingerprint density at radius 1 is 0.833 bits per heavy atom. The first-order valence-electron chi connectivity index (χ1n) is 9.73. The first-order valence-corrected chi connectivity index (χ1v) is 9.73. The molecule has 2 aromatic carbocycles. The number of amides is 3. The normalized spacial score (nSPS) is 17.1. The SMILES string of the molecule is O=C(CN1CCN(c2ccc(F)c(F)c2)C1=O)N1CCN(c2ccccc2F)CC1. The number of carbonyl (C=O) groups excluding carboxylic acids is 2. The number of anilines is 2. The molecule has 3 amide bonds. The van der Waals surface area contributed by atoms with E-state index in [1.807, 2.05) is 4.90 Å². The van der Waals surface area contributed by atoms with E-state index in [0.717, 1.165) is 12.1 Å². The molecule has 0 aromatic heterocycles. The lowest BCUT2D eigenvalue weighted by Gasteiger charge is -2.36. The summed E-state index contributed by atoms with van der Waals surface area (Å²) in [6, 6.07) is 9.39. The highest BCUT2D eigenvalue weighted by molar-refractivity contribution is 5.96. The molecule has 2 saturated heterocycles. The Bertz CT molecular complexity index is 963. The van der Waals surface area contributed by atoms with Gasteiger partial charge in [-0.2, -0.15) is 0 Å². The molecule has 2 aliphatic rings. The van der Waals surface area contributed by atoms with Crippen molar-refractivity contribution in [2.75, 3.05) is 55.6 Å². The molecule has 0 saturated carbocycles. The minimum absolute atomic E-state index is 0.0846. The van der Waals surface area contributed by atoms with Crippen molar-refractivity contribution in [2.45, 2.75) is 0 Å². The molecule has 0 spiro atoms. The molecule has 0 unspecified atom stereocenters. The maximum atomic E-state index is 14.0. The zero-order valence-corrected chi connectivity index (χ0v) is 16.2. The predicted molar refractivity (Wildman–Crippen MR) is 106 cm³/mol. The van der Waals surface area contributed by atoms with Crippen molar-refractivity contribution in [3.63, 3.8) is 0 Å². The molecule has 2 aliphatic heterocycles. The molecule has 0 aliphatic carbocycles. The van der Waals surface area contributed by atoms with Crippen molar-refractivity contribution in [1.29, 1.82) is 0 Å². The minimum atomic E-state index is -1.03. The summed E-state index contributed by atoms with van der Waals surface area (Å²) in [5.41, 5.74) is 0.772. The molecule has 0 bridgehead atoms. The third kappa shape index (κ3) is 3.92. The fourth-order valence-corrected chi connectivity index (χ4v) is 3.79. The largest absolute Gasteiger partial charge is 0.366 e. The van der Waals surface area contributed by atoms with Gasteiger partial charge in [-0.25, -0.2) is 18.0 Å². The van der Waals surface area contributed by atoms with Crippen LogP contribution in [-0.4, -0.2) is 67.6 Å². The summed E-state index contributed by atoms with van der Waals surface area (Å²) in [6.07, 6.45) is 0. The van der Waals surface area contributed by atoms with Crippen LogP contribution in [0.25, 0.3) is 0 Å². The van der Waals surface area contributed by atoms with E-state index in [1.54, 1.807) is 23.1 Å². The first kappa shape index (κ1) is 20.1. The fraction of sp³-hybridized carbons (Fsp3) is 0.333. The van der Waals surface area contributed by atoms with E-state index in [9.17, 15) is 22.8 Å². The van der Waals surface area contributed by atoms with Gasteiger partial charge in [-0.3, -0.25) is 9.69 Å². The zero-order chi connectivity index (χ0) is 21.3. The van der Waals surface area contributed by atoms with Gasteiger partial charge < -0.3 is 14.7 Å². The molecule has 158 valence electrons. The first-order chi connectivity index (χ1) is 14.4. The number of para-hydroxylation sites is 1. The van der Waals surface area contributed by atoms with Crippen molar-refractivity contribution in [1.82, 2.24) is 9.80 Å². The van der Waals surface area contributed by atoms with Crippen molar-refractivity contribution >= 4 is 23.3 Å². The number of rotatable bonds is 4. The van der Waals surface area contributed by atoms with E-state index >= 15 is 0 Å². The van der Waals surface area contributed by atoms with E-state index in [0.29, 0.717) is 38.4 Å². The van der Waals surface area contributed by atoms with Crippen molar-refractivity contribution in [3.05, 3.63) is 59.9 Å². The summed E-state index contributed by atoms with van der Waals surface area (Å²) in [4.78, 5) is 31.5. The second-order valence-electron chi connectivity index (χ2n) is 7.27. The number of halogens is 3. The highest BCUT2D eigenvalue weighted by atomic mass is 19.2. The van der Waals surface area contributed by atoms with Gasteiger partial charge in [0.1, 0.15) is 12.4 Å². The Kier molecular flexibility index (Phi) is 5.52. The lowest BCUT2D eigenvalue weighted by molar-refractivity contribution is -0.131. The fourth-order valence-electron chi connectivity index (χ4n) is 3.79. The Morgan fingerprint density at radius 2 is 1.57 bits per heavy atom. The molecule has 2 heterocycles. The van der Waals surface area contributed by atoms with Crippen molar-refractivity contribution in [3.8, 4) is 0 Å². The number of benzene rings is 2. The molecular formula is C21H21F3N4O2. The molecule has 0 atom stereocenters. The molecule has 2 aromatic rings. The van der Waals surface area contributed by atoms with E-state index in [4.69, 9.17) is 0 Å². The summed E-state index contributed by atoms with van der Waals surface area (Å²) >= 11 is 0. The molecule has 2 fully saturated rings. The molecule has 0 N–H and O–H groups in total. The van der Waals surface area contributed by atoms with Gasteiger partial charge in [0.25, 0.3) is 0 Å². The summed E-state index contributed by atoms with van der Waals surface area (Å²) in [5, 5.41) is 0. The van der Waals surface area contributed by atoms with Crippen LogP contribution in [0.2, 0.25) is 0 Å². The van der Waals surface area contributed by atoms with Crippen molar-refractivity contribution < 1.29 is 22.8 Å². The van der Waals surface area contributed by atoms with Crippen LogP contribution in [0, 0.1) is 17.5 Å². The van der Waals surface area contributed by atoms with Gasteiger partial charge in [0.2, 0.25) is 5.91 Å². The highest BCUT2D eigenvalue weighted by Gasteiger charge is 2.33. The van der Waals surface area contributed by atoms with Crippen LogP contribution in [0.1, 0.15) is 0 Å². The maximum absolute atomic E-state index is 14.0. The number of urea groups is 1. The summed E-state index contributed by atoms with van der Waals surface area (Å²) in [7, 11) is 0. The lowest BCUT2D eigenvalue weighted by Crippen LogP contribution is -2.51. The molecule has 4 rings (SSSR count). The third-order valence-electron chi connectivity index (χ3n) is 5.46. The summed E-state index contributed by atoms with van der Waals surface area (Å²) < 4.78 is 40.6. The third-order valence-corrected chi connectivity index (χ3v) is 5.46. The van der Waals surface area contributed by atoms with Gasteiger partial charge in [0, 0.05) is 51.0 Å². The van der Waals surface area contributed by atoms with Gasteiger partial charge in [-0.05, 0) is 24.3 Å². The highest BCUT2D eigenvalue weighted by Crippen LogP contribution is 2.23. The van der Waals surface area contributed by atoms with E-state index < -0.39 is 17.7 Å². The van der Waals surface area contributed by atoms with Gasteiger partial charge in [0.15, 0.2) is 11.6 Å². The summed E-state index contributed by atoms with van der Waals surface area (Å²) in [5.74, 6) is -2.49. The molecule has 30 heavy (non-hydrogen) atoms. The molecular weight excluding hydrogens is 397 g/mol. The van der Waals surface area contributed by atoms with E-state index in [1.165, 1.54) is 21.9 Å². The smallest absolute Gasteiger partial charge is 0.325 e. The number of hydrogen-bond acceptors (Lipinski definition) is 3. The van der Waals surface area contributed by atoms with E-state index in [-0.39, 0.29) is 30.5 Å². The Hall–Kier alpha value is -3.23. The average Bonchev–Trinajstić information content (AvgIpc) is 3.11. The van der Waals surface area contributed by atoms with Gasteiger partial charge in [0.05, 0.1) is 5.69 Å². The quantitative estimate of drug-likeness (QED) is 0.767. The Labute approximate surface area is 172 Å². The van der Waals surface area contributed by atoms with Crippen LogP contribution >= 0.6 is 0 Å². The van der Waals surface area contributed by atoms with Crippen LogP contribution in [-0.2, 0) is 4.79 Å². The zero-order valence-electron chi connectivity index (χ0n) is 16.2. The second-order valence-corrected chi connectivity index (χ2v) is 7.27. The van der Waals surface area contributed by atoms with Crippen LogP contribution in [0.15, 0.2) is 42.5 Å². The Morgan fingerprint density at radius 3 is 2.27 bits per heavy atom. The number of hydrogen-bond donors (Lipinski definition) is 0. The van der Waals surface area contributed by atoms with Crippen molar-refractivity contribution in [2.24, 2.45) is 0 Å². The number of nitrogens with zero attached hydrogens (tertiary/aromatic N) is 4. The summed E-state index contributed by atoms with van der Waals surface area (Å²) in [6.45, 7) is 2.39. The second kappa shape index (κ2) is 8.25. The topological polar surface area (TPSA) is 47.1 Å². The van der Waals surface area contributed by atoms with Gasteiger partial charge in [-0.15, -0.1) is 0 Å². The maximum Gasteiger partial charge on any atom is 0.325 e. The lowest BCUT2D eigenvalue weighted by atomic mass is 10.2. The average molecular weight is 418 g/mol. The molecule has 6 nitrogen and oxygen atoms in total.